The van der Waals surface area contributed by atoms with E-state index in [4.69, 9.17) is 4.74 Å². The van der Waals surface area contributed by atoms with Gasteiger partial charge in [0.15, 0.2) is 0 Å². The molecule has 0 aromatic rings. The number of ether oxygens (including phenoxy) is 1. The monoisotopic (exact) mass is 942 g/mol. The van der Waals surface area contributed by atoms with Crippen molar-refractivity contribution in [1.29, 1.82) is 0 Å². The number of hydrogen-bond acceptors (Lipinski definition) is 5. The van der Waals surface area contributed by atoms with Gasteiger partial charge in [0.25, 0.3) is 0 Å². The third kappa shape index (κ3) is 53.3. The molecule has 6 heteroatoms. The molecule has 0 saturated carbocycles. The lowest BCUT2D eigenvalue weighted by atomic mass is 10.0. The molecular weight excluding hydrogens is 827 g/mol. The molecule has 3 N–H and O–H groups in total. The average Bonchev–Trinajstić information content (AvgIpc) is 3.33. The summed E-state index contributed by atoms with van der Waals surface area (Å²) in [5.74, 6) is -0.0664. The van der Waals surface area contributed by atoms with E-state index >= 15 is 0 Å². The quantitative estimate of drug-likeness (QED) is 0.0321. The molecule has 0 aromatic carbocycles. The highest BCUT2D eigenvalue weighted by atomic mass is 16.5. The zero-order valence-electron chi connectivity index (χ0n) is 44.9. The van der Waals surface area contributed by atoms with Gasteiger partial charge in [0.05, 0.1) is 25.4 Å². The van der Waals surface area contributed by atoms with Gasteiger partial charge < -0.3 is 20.3 Å². The second kappa shape index (κ2) is 56.7. The van der Waals surface area contributed by atoms with E-state index in [0.717, 1.165) is 77.0 Å². The number of hydrogen-bond donors (Lipinski definition) is 3. The third-order valence-electron chi connectivity index (χ3n) is 13.7. The Balaban J connectivity index is 3.47. The van der Waals surface area contributed by atoms with Crippen LogP contribution in [0.1, 0.15) is 316 Å². The van der Waals surface area contributed by atoms with Crippen molar-refractivity contribution in [3.05, 3.63) is 36.5 Å². The lowest BCUT2D eigenvalue weighted by molar-refractivity contribution is -0.143. The van der Waals surface area contributed by atoms with E-state index in [1.807, 2.05) is 0 Å². The summed E-state index contributed by atoms with van der Waals surface area (Å²) in [5, 5.41) is 23.3. The molecule has 0 aliphatic rings. The lowest BCUT2D eigenvalue weighted by Crippen LogP contribution is -2.45. The molecule has 2 atom stereocenters. The van der Waals surface area contributed by atoms with Crippen LogP contribution in [0.2, 0.25) is 0 Å². The van der Waals surface area contributed by atoms with Crippen LogP contribution >= 0.6 is 0 Å². The molecule has 394 valence electrons. The molecule has 0 aliphatic carbocycles. The lowest BCUT2D eigenvalue weighted by Gasteiger charge is -2.22. The van der Waals surface area contributed by atoms with Crippen LogP contribution < -0.4 is 5.32 Å². The van der Waals surface area contributed by atoms with Gasteiger partial charge >= 0.3 is 5.97 Å². The molecule has 0 heterocycles. The molecule has 6 nitrogen and oxygen atoms in total. The Bertz CT molecular complexity index is 1090. The molecule has 0 bridgehead atoms. The van der Waals surface area contributed by atoms with Crippen molar-refractivity contribution in [2.24, 2.45) is 0 Å². The standard InChI is InChI=1S/C61H115NO5/c1-3-5-7-9-11-13-15-17-19-21-23-25-29-33-37-41-45-49-53-59(64)58(57-63)62-60(65)54-50-46-42-38-34-30-26-24-28-32-36-40-44-48-52-56-67-61(66)55-51-47-43-39-35-31-27-22-20-18-16-14-12-10-8-6-4-2/h12,14,18,20,28,32,58-59,63-64H,3-11,13,15-17,19,21-27,29-31,33-57H2,1-2H3,(H,62,65)/b14-12-,20-18-,32-28-. The summed E-state index contributed by atoms with van der Waals surface area (Å²) in [6, 6.07) is -0.554. The molecule has 0 aromatic heterocycles. The maximum Gasteiger partial charge on any atom is 0.305 e. The fraction of sp³-hybridized carbons (Fsp3) is 0.869. The molecule has 0 saturated heterocycles. The first-order chi connectivity index (χ1) is 33.0. The normalized spacial score (nSPS) is 12.8. The van der Waals surface area contributed by atoms with Crippen LogP contribution in [-0.4, -0.2) is 47.4 Å². The topological polar surface area (TPSA) is 95.9 Å². The molecule has 1 amide bonds. The van der Waals surface area contributed by atoms with E-state index in [2.05, 4.69) is 55.6 Å². The van der Waals surface area contributed by atoms with Crippen molar-refractivity contribution < 1.29 is 24.5 Å². The minimum atomic E-state index is -0.675. The van der Waals surface area contributed by atoms with Gasteiger partial charge in [0.2, 0.25) is 5.91 Å². The number of amides is 1. The SMILES string of the molecule is CCCCC/C=C\C/C=C\CCCCCCCCCC(=O)OCCCCCC/C=C\CCCCCCCCCC(=O)NC(CO)C(O)CCCCCCCCCCCCCCCCCCCC. The number of unbranched alkanes of at least 4 members (excludes halogenated alkanes) is 38. The van der Waals surface area contributed by atoms with Gasteiger partial charge in [-0.15, -0.1) is 0 Å². The minimum Gasteiger partial charge on any atom is -0.466 e. The summed E-state index contributed by atoms with van der Waals surface area (Å²) in [4.78, 5) is 24.6. The highest BCUT2D eigenvalue weighted by Crippen LogP contribution is 2.17. The summed E-state index contributed by atoms with van der Waals surface area (Å²) >= 11 is 0. The van der Waals surface area contributed by atoms with E-state index in [1.165, 1.54) is 205 Å². The van der Waals surface area contributed by atoms with Crippen LogP contribution in [0.15, 0.2) is 36.5 Å². The van der Waals surface area contributed by atoms with Crippen LogP contribution in [0.25, 0.3) is 0 Å². The molecular formula is C61H115NO5. The zero-order valence-corrected chi connectivity index (χ0v) is 44.9. The predicted molar refractivity (Wildman–Crippen MR) is 292 cm³/mol. The van der Waals surface area contributed by atoms with Gasteiger partial charge in [-0.1, -0.05) is 256 Å². The summed E-state index contributed by atoms with van der Waals surface area (Å²) in [6.45, 7) is 4.90. The van der Waals surface area contributed by atoms with Crippen molar-refractivity contribution >= 4 is 11.9 Å². The number of allylic oxidation sites excluding steroid dienone is 6. The highest BCUT2D eigenvalue weighted by molar-refractivity contribution is 5.76. The zero-order chi connectivity index (χ0) is 48.6. The van der Waals surface area contributed by atoms with E-state index in [9.17, 15) is 19.8 Å². The Hall–Kier alpha value is -1.92. The molecule has 67 heavy (non-hydrogen) atoms. The predicted octanol–water partition coefficient (Wildman–Crippen LogP) is 18.4. The first-order valence-electron chi connectivity index (χ1n) is 29.7. The molecule has 2 unspecified atom stereocenters. The molecule has 0 spiro atoms. The van der Waals surface area contributed by atoms with Crippen molar-refractivity contribution in [2.75, 3.05) is 13.2 Å². The summed E-state index contributed by atoms with van der Waals surface area (Å²) in [6.07, 6.45) is 69.9. The van der Waals surface area contributed by atoms with Crippen molar-refractivity contribution in [1.82, 2.24) is 5.32 Å². The van der Waals surface area contributed by atoms with Gasteiger partial charge in [-0.25, -0.2) is 0 Å². The van der Waals surface area contributed by atoms with Crippen LogP contribution in [0.4, 0.5) is 0 Å². The van der Waals surface area contributed by atoms with Crippen molar-refractivity contribution in [3.8, 4) is 0 Å². The largest absolute Gasteiger partial charge is 0.466 e. The fourth-order valence-corrected chi connectivity index (χ4v) is 9.08. The average molecular weight is 943 g/mol. The summed E-state index contributed by atoms with van der Waals surface area (Å²) in [5.41, 5.74) is 0. The van der Waals surface area contributed by atoms with E-state index in [-0.39, 0.29) is 18.5 Å². The van der Waals surface area contributed by atoms with Crippen LogP contribution in [0, 0.1) is 0 Å². The van der Waals surface area contributed by atoms with Gasteiger partial charge in [0, 0.05) is 12.8 Å². The maximum atomic E-state index is 12.5. The van der Waals surface area contributed by atoms with E-state index in [1.54, 1.807) is 0 Å². The number of aliphatic hydroxyl groups excluding tert-OH is 2. The van der Waals surface area contributed by atoms with Crippen molar-refractivity contribution in [2.45, 2.75) is 328 Å². The second-order valence-corrected chi connectivity index (χ2v) is 20.3. The Kier molecular flexibility index (Phi) is 55.0. The Labute approximate surface area is 417 Å². The Morgan fingerprint density at radius 1 is 0.418 bits per heavy atom. The van der Waals surface area contributed by atoms with Crippen molar-refractivity contribution in [3.63, 3.8) is 0 Å². The number of rotatable bonds is 55. The first kappa shape index (κ1) is 65.1. The van der Waals surface area contributed by atoms with Crippen LogP contribution in [0.5, 0.6) is 0 Å². The molecule has 0 aliphatic heterocycles. The first-order valence-corrected chi connectivity index (χ1v) is 29.7. The number of esters is 1. The summed E-state index contributed by atoms with van der Waals surface area (Å²) in [7, 11) is 0. The highest BCUT2D eigenvalue weighted by Gasteiger charge is 2.20. The van der Waals surface area contributed by atoms with Gasteiger partial charge in [-0.05, 0) is 83.5 Å². The molecule has 0 radical (unpaired) electrons. The summed E-state index contributed by atoms with van der Waals surface area (Å²) < 4.78 is 5.47. The number of carbonyl (C=O) groups is 2. The van der Waals surface area contributed by atoms with Crippen LogP contribution in [0.3, 0.4) is 0 Å². The van der Waals surface area contributed by atoms with E-state index < -0.39 is 12.1 Å². The Morgan fingerprint density at radius 3 is 1.18 bits per heavy atom. The molecule has 0 rings (SSSR count). The maximum absolute atomic E-state index is 12.5. The number of carbonyl (C=O) groups excluding carboxylic acids is 2. The second-order valence-electron chi connectivity index (χ2n) is 20.3. The molecule has 0 fully saturated rings. The van der Waals surface area contributed by atoms with Gasteiger partial charge in [-0.3, -0.25) is 9.59 Å². The fourth-order valence-electron chi connectivity index (χ4n) is 9.08. The smallest absolute Gasteiger partial charge is 0.305 e. The Morgan fingerprint density at radius 2 is 0.746 bits per heavy atom. The number of nitrogens with one attached hydrogen (secondary N) is 1. The van der Waals surface area contributed by atoms with Gasteiger partial charge in [-0.2, -0.15) is 0 Å². The van der Waals surface area contributed by atoms with E-state index in [0.29, 0.717) is 25.9 Å². The van der Waals surface area contributed by atoms with Gasteiger partial charge in [0.1, 0.15) is 0 Å². The third-order valence-corrected chi connectivity index (χ3v) is 13.7. The van der Waals surface area contributed by atoms with Crippen LogP contribution in [-0.2, 0) is 14.3 Å². The minimum absolute atomic E-state index is 0.0176. The number of aliphatic hydroxyl groups is 2.